The van der Waals surface area contributed by atoms with Crippen molar-refractivity contribution in [3.05, 3.63) is 46.8 Å². The van der Waals surface area contributed by atoms with Crippen LogP contribution in [0.1, 0.15) is 53.5 Å². The lowest BCUT2D eigenvalue weighted by Crippen LogP contribution is -2.30. The van der Waals surface area contributed by atoms with Gasteiger partial charge in [0.05, 0.1) is 30.7 Å². The summed E-state index contributed by atoms with van der Waals surface area (Å²) < 4.78 is 16.3. The normalized spacial score (nSPS) is 10.5. The van der Waals surface area contributed by atoms with Crippen molar-refractivity contribution in [1.29, 1.82) is 0 Å². The van der Waals surface area contributed by atoms with Crippen molar-refractivity contribution in [1.82, 2.24) is 15.1 Å². The number of aromatic nitrogens is 2. The van der Waals surface area contributed by atoms with Crippen molar-refractivity contribution in [2.75, 3.05) is 26.9 Å². The number of nitrogens with zero attached hydrogens (tertiary/aromatic N) is 2. The van der Waals surface area contributed by atoms with Gasteiger partial charge in [0.2, 0.25) is 0 Å². The summed E-state index contributed by atoms with van der Waals surface area (Å²) in [5.41, 5.74) is 3.74. The second-order valence-electron chi connectivity index (χ2n) is 7.52. The number of nitrogens with one attached hydrogen (secondary N) is 1. The highest BCUT2D eigenvalue weighted by Gasteiger charge is 2.16. The highest BCUT2D eigenvalue weighted by Crippen LogP contribution is 2.20. The molecule has 0 spiro atoms. The van der Waals surface area contributed by atoms with E-state index in [9.17, 15) is 19.2 Å². The van der Waals surface area contributed by atoms with Gasteiger partial charge in [-0.25, -0.2) is 9.48 Å². The van der Waals surface area contributed by atoms with Crippen LogP contribution < -0.4 is 5.32 Å². The molecule has 0 aliphatic rings. The van der Waals surface area contributed by atoms with Crippen molar-refractivity contribution >= 4 is 23.8 Å². The molecule has 1 heterocycles. The largest absolute Gasteiger partial charge is 0.469 e. The third kappa shape index (κ3) is 7.72. The standard InChI is InChI=1S/C24H31N3O7/c1-5-33-23(30)7-6-14-25-21(28)15-34-24(31)18-8-10-19(11-9-18)27-17(3)20(16(2)26-27)12-13-22(29)32-4/h8-11H,5-7,12-15H2,1-4H3,(H,25,28). The van der Waals surface area contributed by atoms with Crippen LogP contribution in [0, 0.1) is 13.8 Å². The van der Waals surface area contributed by atoms with Crippen LogP contribution in [-0.2, 0) is 35.0 Å². The smallest absolute Gasteiger partial charge is 0.338 e. The molecule has 0 atom stereocenters. The van der Waals surface area contributed by atoms with Gasteiger partial charge < -0.3 is 19.5 Å². The Balaban J connectivity index is 1.87. The Morgan fingerprint density at radius 3 is 2.35 bits per heavy atom. The van der Waals surface area contributed by atoms with Crippen LogP contribution in [0.25, 0.3) is 5.69 Å². The van der Waals surface area contributed by atoms with E-state index < -0.39 is 18.5 Å². The molecule has 0 fully saturated rings. The molecule has 184 valence electrons. The highest BCUT2D eigenvalue weighted by molar-refractivity contribution is 5.91. The van der Waals surface area contributed by atoms with Gasteiger partial charge in [0.15, 0.2) is 6.61 Å². The Morgan fingerprint density at radius 2 is 1.71 bits per heavy atom. The lowest BCUT2D eigenvalue weighted by Gasteiger charge is -2.08. The number of esters is 3. The Bertz CT molecular complexity index is 1010. The van der Waals surface area contributed by atoms with Gasteiger partial charge in [-0.3, -0.25) is 14.4 Å². The monoisotopic (exact) mass is 473 g/mol. The van der Waals surface area contributed by atoms with Crippen LogP contribution in [0.3, 0.4) is 0 Å². The molecule has 1 aromatic heterocycles. The number of ether oxygens (including phenoxy) is 3. The summed E-state index contributed by atoms with van der Waals surface area (Å²) in [6, 6.07) is 6.66. The number of aryl methyl sites for hydroxylation is 1. The topological polar surface area (TPSA) is 126 Å². The van der Waals surface area contributed by atoms with Gasteiger partial charge in [-0.2, -0.15) is 5.10 Å². The van der Waals surface area contributed by atoms with E-state index in [-0.39, 0.29) is 31.3 Å². The number of rotatable bonds is 12. The van der Waals surface area contributed by atoms with Crippen LogP contribution in [0.15, 0.2) is 24.3 Å². The van der Waals surface area contributed by atoms with Crippen LogP contribution in [0.5, 0.6) is 0 Å². The fraction of sp³-hybridized carbons (Fsp3) is 0.458. The molecular formula is C24H31N3O7. The maximum Gasteiger partial charge on any atom is 0.338 e. The molecule has 1 aromatic carbocycles. The maximum atomic E-state index is 12.3. The predicted molar refractivity (Wildman–Crippen MR) is 123 cm³/mol. The van der Waals surface area contributed by atoms with E-state index in [4.69, 9.17) is 14.2 Å². The first-order chi connectivity index (χ1) is 16.3. The van der Waals surface area contributed by atoms with E-state index in [1.807, 2.05) is 13.8 Å². The van der Waals surface area contributed by atoms with E-state index in [2.05, 4.69) is 10.4 Å². The number of benzene rings is 1. The second kappa shape index (κ2) is 13.1. The van der Waals surface area contributed by atoms with Gasteiger partial charge in [0, 0.05) is 25.1 Å². The minimum atomic E-state index is -0.625. The Labute approximate surface area is 198 Å². The van der Waals surface area contributed by atoms with Crippen molar-refractivity contribution < 1.29 is 33.4 Å². The number of methoxy groups -OCH3 is 1. The zero-order chi connectivity index (χ0) is 25.1. The molecule has 34 heavy (non-hydrogen) atoms. The molecule has 0 aliphatic heterocycles. The summed E-state index contributed by atoms with van der Waals surface area (Å²) in [4.78, 5) is 46.8. The summed E-state index contributed by atoms with van der Waals surface area (Å²) in [5.74, 6) is -1.67. The lowest BCUT2D eigenvalue weighted by molar-refractivity contribution is -0.143. The molecule has 1 N–H and O–H groups in total. The number of hydrogen-bond donors (Lipinski definition) is 1. The van der Waals surface area contributed by atoms with Gasteiger partial charge in [-0.1, -0.05) is 0 Å². The summed E-state index contributed by atoms with van der Waals surface area (Å²) in [6.45, 7) is 5.72. The minimum absolute atomic E-state index is 0.211. The van der Waals surface area contributed by atoms with Gasteiger partial charge >= 0.3 is 17.9 Å². The fourth-order valence-electron chi connectivity index (χ4n) is 3.32. The first-order valence-corrected chi connectivity index (χ1v) is 11.1. The quantitative estimate of drug-likeness (QED) is 0.283. The van der Waals surface area contributed by atoms with E-state index in [1.54, 1.807) is 35.9 Å². The average molecular weight is 474 g/mol. The molecule has 2 aromatic rings. The fourth-order valence-corrected chi connectivity index (χ4v) is 3.32. The Kier molecular flexibility index (Phi) is 10.3. The third-order valence-corrected chi connectivity index (χ3v) is 5.12. The highest BCUT2D eigenvalue weighted by atomic mass is 16.5. The van der Waals surface area contributed by atoms with E-state index in [1.165, 1.54) is 7.11 Å². The van der Waals surface area contributed by atoms with Gasteiger partial charge in [-0.15, -0.1) is 0 Å². The SMILES string of the molecule is CCOC(=O)CCCNC(=O)COC(=O)c1ccc(-n2nc(C)c(CCC(=O)OC)c2C)cc1. The summed E-state index contributed by atoms with van der Waals surface area (Å²) >= 11 is 0. The molecule has 1 amide bonds. The zero-order valence-electron chi connectivity index (χ0n) is 20.0. The molecule has 2 rings (SSSR count). The second-order valence-corrected chi connectivity index (χ2v) is 7.52. The summed E-state index contributed by atoms with van der Waals surface area (Å²) in [6.07, 6.45) is 1.45. The number of amides is 1. The van der Waals surface area contributed by atoms with Gasteiger partial charge in [0.1, 0.15) is 0 Å². The zero-order valence-corrected chi connectivity index (χ0v) is 20.0. The minimum Gasteiger partial charge on any atom is -0.469 e. The van der Waals surface area contributed by atoms with Crippen LogP contribution in [-0.4, -0.2) is 60.5 Å². The Morgan fingerprint density at radius 1 is 1.00 bits per heavy atom. The van der Waals surface area contributed by atoms with Crippen LogP contribution in [0.4, 0.5) is 0 Å². The molecular weight excluding hydrogens is 442 g/mol. The van der Waals surface area contributed by atoms with Gasteiger partial charge in [-0.05, 0) is 63.4 Å². The average Bonchev–Trinajstić information content (AvgIpc) is 3.12. The van der Waals surface area contributed by atoms with Crippen molar-refractivity contribution in [3.8, 4) is 5.69 Å². The summed E-state index contributed by atoms with van der Waals surface area (Å²) in [5, 5.41) is 7.13. The maximum absolute atomic E-state index is 12.3. The van der Waals surface area contributed by atoms with Crippen LogP contribution >= 0.6 is 0 Å². The molecule has 0 saturated carbocycles. The predicted octanol–water partition coefficient (Wildman–Crippen LogP) is 2.21. The van der Waals surface area contributed by atoms with Crippen LogP contribution in [0.2, 0.25) is 0 Å². The molecule has 10 nitrogen and oxygen atoms in total. The lowest BCUT2D eigenvalue weighted by atomic mass is 10.1. The van der Waals surface area contributed by atoms with Crippen molar-refractivity contribution in [3.63, 3.8) is 0 Å². The molecule has 0 radical (unpaired) electrons. The number of carbonyl (C=O) groups excluding carboxylic acids is 4. The first kappa shape index (κ1) is 26.6. The number of hydrogen-bond acceptors (Lipinski definition) is 8. The van der Waals surface area contributed by atoms with Gasteiger partial charge in [0.25, 0.3) is 5.91 Å². The number of carbonyl (C=O) groups is 4. The molecule has 0 unspecified atom stereocenters. The molecule has 10 heteroatoms. The molecule has 0 saturated heterocycles. The molecule has 0 aliphatic carbocycles. The van der Waals surface area contributed by atoms with E-state index in [0.717, 1.165) is 22.6 Å². The first-order valence-electron chi connectivity index (χ1n) is 11.1. The Hall–Kier alpha value is -3.69. The van der Waals surface area contributed by atoms with E-state index >= 15 is 0 Å². The van der Waals surface area contributed by atoms with Crippen molar-refractivity contribution in [2.24, 2.45) is 0 Å². The molecule has 0 bridgehead atoms. The van der Waals surface area contributed by atoms with Crippen molar-refractivity contribution in [2.45, 2.75) is 46.5 Å². The third-order valence-electron chi connectivity index (χ3n) is 5.12. The summed E-state index contributed by atoms with van der Waals surface area (Å²) in [7, 11) is 1.36. The van der Waals surface area contributed by atoms with E-state index in [0.29, 0.717) is 25.0 Å².